The van der Waals surface area contributed by atoms with Crippen LogP contribution in [0.25, 0.3) is 100 Å². The molecule has 2 heterocycles. The molecule has 0 amide bonds. The molecule has 248 valence electrons. The minimum atomic E-state index is 0.602. The van der Waals surface area contributed by atoms with Crippen molar-refractivity contribution in [3.63, 3.8) is 0 Å². The number of fused-ring (bicyclic) bond motifs is 5. The fourth-order valence-corrected chi connectivity index (χ4v) is 7.35. The highest BCUT2D eigenvalue weighted by molar-refractivity contribution is 6.22. The maximum atomic E-state index is 6.65. The average molecular weight is 678 g/mol. The Bertz CT molecular complexity index is 2920. The lowest BCUT2D eigenvalue weighted by atomic mass is 9.93. The molecule has 0 aliphatic carbocycles. The maximum Gasteiger partial charge on any atom is 0.164 e. The summed E-state index contributed by atoms with van der Waals surface area (Å²) in [6.07, 6.45) is 0. The van der Waals surface area contributed by atoms with Gasteiger partial charge < -0.3 is 4.42 Å². The standard InChI is InChI=1S/C49H31N3O/c1-4-14-32(15-5-1)34-26-28-36(29-27-34)47-50-48(38-21-12-20-37(30-38)33-16-6-2-7-17-33)52-49(51-47)43-31-42-40-22-10-11-25-44(40)53-46(42)45-39(23-13-24-41(43)45)35-18-8-3-9-19-35/h1-31H. The van der Waals surface area contributed by atoms with Crippen LogP contribution < -0.4 is 0 Å². The topological polar surface area (TPSA) is 51.8 Å². The Morgan fingerprint density at radius 2 is 0.811 bits per heavy atom. The first-order valence-electron chi connectivity index (χ1n) is 17.8. The molecule has 8 aromatic carbocycles. The van der Waals surface area contributed by atoms with Crippen molar-refractivity contribution in [2.24, 2.45) is 0 Å². The van der Waals surface area contributed by atoms with Gasteiger partial charge in [0.2, 0.25) is 0 Å². The first kappa shape index (κ1) is 30.6. The van der Waals surface area contributed by atoms with E-state index in [1.165, 1.54) is 0 Å². The lowest BCUT2D eigenvalue weighted by Gasteiger charge is -2.14. The Hall–Kier alpha value is -7.17. The number of hydrogen-bond donors (Lipinski definition) is 0. The minimum Gasteiger partial charge on any atom is -0.455 e. The Balaban J connectivity index is 1.24. The van der Waals surface area contributed by atoms with Gasteiger partial charge in [0.05, 0.1) is 0 Å². The van der Waals surface area contributed by atoms with Gasteiger partial charge in [-0.1, -0.05) is 170 Å². The molecule has 0 aliphatic heterocycles. The first-order chi connectivity index (χ1) is 26.3. The van der Waals surface area contributed by atoms with Gasteiger partial charge in [-0.3, -0.25) is 0 Å². The molecular formula is C49H31N3O. The van der Waals surface area contributed by atoms with E-state index in [4.69, 9.17) is 19.4 Å². The number of furan rings is 1. The monoisotopic (exact) mass is 677 g/mol. The second-order valence-corrected chi connectivity index (χ2v) is 13.2. The molecule has 0 unspecified atom stereocenters. The van der Waals surface area contributed by atoms with Crippen LogP contribution >= 0.6 is 0 Å². The Morgan fingerprint density at radius 1 is 0.302 bits per heavy atom. The zero-order valence-electron chi connectivity index (χ0n) is 28.6. The zero-order valence-corrected chi connectivity index (χ0v) is 28.6. The van der Waals surface area contributed by atoms with E-state index in [1.54, 1.807) is 0 Å². The summed E-state index contributed by atoms with van der Waals surface area (Å²) >= 11 is 0. The van der Waals surface area contributed by atoms with Crippen LogP contribution in [0.15, 0.2) is 192 Å². The van der Waals surface area contributed by atoms with Gasteiger partial charge in [0.1, 0.15) is 11.2 Å². The van der Waals surface area contributed by atoms with Crippen molar-refractivity contribution < 1.29 is 4.42 Å². The molecule has 0 bridgehead atoms. The van der Waals surface area contributed by atoms with E-state index >= 15 is 0 Å². The highest BCUT2D eigenvalue weighted by Gasteiger charge is 2.21. The summed E-state index contributed by atoms with van der Waals surface area (Å²) in [7, 11) is 0. The minimum absolute atomic E-state index is 0.602. The molecule has 10 aromatic rings. The third-order valence-corrected chi connectivity index (χ3v) is 9.94. The smallest absolute Gasteiger partial charge is 0.164 e. The van der Waals surface area contributed by atoms with Gasteiger partial charge in [0.15, 0.2) is 17.5 Å². The van der Waals surface area contributed by atoms with Crippen LogP contribution in [0.4, 0.5) is 0 Å². The molecule has 0 aliphatic rings. The SMILES string of the molecule is c1ccc(-c2ccc(-c3nc(-c4cccc(-c5ccccc5)c4)nc(-c4cc5c6ccccc6oc5c5c(-c6ccccc6)cccc45)n3)cc2)cc1. The van der Waals surface area contributed by atoms with Crippen molar-refractivity contribution >= 4 is 32.7 Å². The highest BCUT2D eigenvalue weighted by atomic mass is 16.3. The largest absolute Gasteiger partial charge is 0.455 e. The third kappa shape index (κ3) is 5.54. The Labute approximate surface area is 306 Å². The van der Waals surface area contributed by atoms with Gasteiger partial charge in [-0.15, -0.1) is 0 Å². The highest BCUT2D eigenvalue weighted by Crippen LogP contribution is 2.43. The van der Waals surface area contributed by atoms with Crippen LogP contribution in [-0.2, 0) is 0 Å². The second-order valence-electron chi connectivity index (χ2n) is 13.2. The lowest BCUT2D eigenvalue weighted by molar-refractivity contribution is 0.673. The zero-order chi connectivity index (χ0) is 35.1. The molecule has 0 spiro atoms. The van der Waals surface area contributed by atoms with E-state index in [0.717, 1.165) is 82.8 Å². The second kappa shape index (κ2) is 12.9. The van der Waals surface area contributed by atoms with Crippen LogP contribution in [0.3, 0.4) is 0 Å². The summed E-state index contributed by atoms with van der Waals surface area (Å²) in [6, 6.07) is 65.0. The lowest BCUT2D eigenvalue weighted by Crippen LogP contribution is -2.01. The normalized spacial score (nSPS) is 11.4. The summed E-state index contributed by atoms with van der Waals surface area (Å²) < 4.78 is 6.65. The predicted octanol–water partition coefficient (Wildman–Crippen LogP) is 12.9. The van der Waals surface area contributed by atoms with Gasteiger partial charge in [0, 0.05) is 32.8 Å². The summed E-state index contributed by atoms with van der Waals surface area (Å²) in [6.45, 7) is 0. The number of para-hydroxylation sites is 1. The Morgan fingerprint density at radius 3 is 1.55 bits per heavy atom. The van der Waals surface area contributed by atoms with E-state index in [9.17, 15) is 0 Å². The summed E-state index contributed by atoms with van der Waals surface area (Å²) in [5, 5.41) is 4.12. The molecule has 4 heteroatoms. The summed E-state index contributed by atoms with van der Waals surface area (Å²) in [5.41, 5.74) is 11.2. The molecule has 2 aromatic heterocycles. The molecule has 0 atom stereocenters. The van der Waals surface area contributed by atoms with E-state index < -0.39 is 0 Å². The molecule has 10 rings (SSSR count). The molecule has 0 saturated carbocycles. The van der Waals surface area contributed by atoms with Crippen LogP contribution in [0, 0.1) is 0 Å². The van der Waals surface area contributed by atoms with Gasteiger partial charge in [-0.2, -0.15) is 0 Å². The van der Waals surface area contributed by atoms with E-state index in [0.29, 0.717) is 17.5 Å². The van der Waals surface area contributed by atoms with Gasteiger partial charge >= 0.3 is 0 Å². The molecule has 0 fully saturated rings. The molecule has 0 saturated heterocycles. The van der Waals surface area contributed by atoms with Crippen molar-refractivity contribution in [1.29, 1.82) is 0 Å². The van der Waals surface area contributed by atoms with E-state index in [1.807, 2.05) is 30.3 Å². The van der Waals surface area contributed by atoms with Gasteiger partial charge in [-0.05, 0) is 57.0 Å². The number of rotatable bonds is 6. The number of aromatic nitrogens is 3. The molecule has 0 N–H and O–H groups in total. The van der Waals surface area contributed by atoms with Crippen LogP contribution in [0.1, 0.15) is 0 Å². The average Bonchev–Trinajstić information content (AvgIpc) is 3.63. The fourth-order valence-electron chi connectivity index (χ4n) is 7.35. The molecular weight excluding hydrogens is 647 g/mol. The van der Waals surface area contributed by atoms with Crippen molar-refractivity contribution in [1.82, 2.24) is 15.0 Å². The van der Waals surface area contributed by atoms with Crippen LogP contribution in [-0.4, -0.2) is 15.0 Å². The van der Waals surface area contributed by atoms with Gasteiger partial charge in [0.25, 0.3) is 0 Å². The van der Waals surface area contributed by atoms with Crippen LogP contribution in [0.2, 0.25) is 0 Å². The predicted molar refractivity (Wildman–Crippen MR) is 217 cm³/mol. The summed E-state index contributed by atoms with van der Waals surface area (Å²) in [5.74, 6) is 1.82. The van der Waals surface area contributed by atoms with Crippen LogP contribution in [0.5, 0.6) is 0 Å². The summed E-state index contributed by atoms with van der Waals surface area (Å²) in [4.78, 5) is 15.7. The van der Waals surface area contributed by atoms with Crippen molar-refractivity contribution in [2.45, 2.75) is 0 Å². The van der Waals surface area contributed by atoms with E-state index in [-0.39, 0.29) is 0 Å². The van der Waals surface area contributed by atoms with Crippen molar-refractivity contribution in [2.75, 3.05) is 0 Å². The number of hydrogen-bond acceptors (Lipinski definition) is 4. The van der Waals surface area contributed by atoms with Crippen molar-refractivity contribution in [3.05, 3.63) is 188 Å². The van der Waals surface area contributed by atoms with Crippen molar-refractivity contribution in [3.8, 4) is 67.5 Å². The Kier molecular flexibility index (Phi) is 7.43. The molecule has 53 heavy (non-hydrogen) atoms. The van der Waals surface area contributed by atoms with E-state index in [2.05, 4.69) is 158 Å². The van der Waals surface area contributed by atoms with Gasteiger partial charge in [-0.25, -0.2) is 15.0 Å². The molecule has 0 radical (unpaired) electrons. The number of nitrogens with zero attached hydrogens (tertiary/aromatic N) is 3. The maximum absolute atomic E-state index is 6.65. The quantitative estimate of drug-likeness (QED) is 0.176. The fraction of sp³-hybridized carbons (Fsp3) is 0. The number of benzene rings is 8. The first-order valence-corrected chi connectivity index (χ1v) is 17.8. The molecule has 4 nitrogen and oxygen atoms in total. The third-order valence-electron chi connectivity index (χ3n) is 9.94.